The van der Waals surface area contributed by atoms with E-state index >= 15 is 0 Å². The standard InChI is InChI=1S/C18H36O4/c1-2-3-4-5-6-7-8-9-10-11-12-13-14-15-16(19)17(20)18(21)22/h16,19-22H,2-15H2,1H3. The lowest BCUT2D eigenvalue weighted by molar-refractivity contribution is 0.0912. The second kappa shape index (κ2) is 15.0. The zero-order valence-corrected chi connectivity index (χ0v) is 14.3. The molecule has 4 heteroatoms. The molecule has 4 nitrogen and oxygen atoms in total. The second-order valence-corrected chi connectivity index (χ2v) is 6.26. The zero-order chi connectivity index (χ0) is 16.6. The van der Waals surface area contributed by atoms with Crippen LogP contribution in [-0.4, -0.2) is 26.5 Å². The zero-order valence-electron chi connectivity index (χ0n) is 14.3. The topological polar surface area (TPSA) is 80.9 Å². The number of rotatable bonds is 15. The minimum atomic E-state index is -1.18. The Morgan fingerprint density at radius 3 is 1.36 bits per heavy atom. The van der Waals surface area contributed by atoms with Gasteiger partial charge in [0.25, 0.3) is 0 Å². The molecule has 132 valence electrons. The molecule has 22 heavy (non-hydrogen) atoms. The fourth-order valence-corrected chi connectivity index (χ4v) is 2.64. The fourth-order valence-electron chi connectivity index (χ4n) is 2.64. The smallest absolute Gasteiger partial charge is 0.316 e. The molecule has 0 aromatic rings. The Morgan fingerprint density at radius 1 is 0.636 bits per heavy atom. The van der Waals surface area contributed by atoms with Crippen LogP contribution in [0.25, 0.3) is 0 Å². The summed E-state index contributed by atoms with van der Waals surface area (Å²) >= 11 is 0. The van der Waals surface area contributed by atoms with Gasteiger partial charge in [0.15, 0.2) is 0 Å². The molecule has 0 aliphatic carbocycles. The first-order valence-electron chi connectivity index (χ1n) is 9.08. The van der Waals surface area contributed by atoms with Gasteiger partial charge in [-0.2, -0.15) is 0 Å². The van der Waals surface area contributed by atoms with Gasteiger partial charge in [0, 0.05) is 0 Å². The van der Waals surface area contributed by atoms with Crippen LogP contribution in [0.5, 0.6) is 0 Å². The van der Waals surface area contributed by atoms with Crippen LogP contribution < -0.4 is 0 Å². The molecule has 0 spiro atoms. The highest BCUT2D eigenvalue weighted by atomic mass is 16.5. The first-order valence-corrected chi connectivity index (χ1v) is 9.08. The maximum absolute atomic E-state index is 9.44. The third-order valence-electron chi connectivity index (χ3n) is 4.13. The highest BCUT2D eigenvalue weighted by Gasteiger charge is 2.13. The van der Waals surface area contributed by atoms with Gasteiger partial charge < -0.3 is 20.4 Å². The van der Waals surface area contributed by atoms with Crippen molar-refractivity contribution >= 4 is 0 Å². The van der Waals surface area contributed by atoms with Crippen molar-refractivity contribution in [1.29, 1.82) is 0 Å². The summed E-state index contributed by atoms with van der Waals surface area (Å²) in [5.74, 6) is -1.90. The van der Waals surface area contributed by atoms with E-state index in [1.54, 1.807) is 0 Å². The molecule has 0 fully saturated rings. The highest BCUT2D eigenvalue weighted by molar-refractivity contribution is 4.96. The summed E-state index contributed by atoms with van der Waals surface area (Å²) < 4.78 is 0. The second-order valence-electron chi connectivity index (χ2n) is 6.26. The highest BCUT2D eigenvalue weighted by Crippen LogP contribution is 2.15. The maximum atomic E-state index is 9.44. The number of aliphatic hydroxyl groups excluding tert-OH is 3. The van der Waals surface area contributed by atoms with Crippen molar-refractivity contribution in [1.82, 2.24) is 0 Å². The van der Waals surface area contributed by atoms with E-state index in [2.05, 4.69) is 6.92 Å². The minimum absolute atomic E-state index is 0.369. The van der Waals surface area contributed by atoms with E-state index in [0.717, 1.165) is 19.3 Å². The molecule has 0 aliphatic heterocycles. The van der Waals surface area contributed by atoms with Crippen LogP contribution in [0, 0.1) is 0 Å². The molecule has 4 N–H and O–H groups in total. The monoisotopic (exact) mass is 316 g/mol. The van der Waals surface area contributed by atoms with Gasteiger partial charge in [0.2, 0.25) is 5.76 Å². The lowest BCUT2D eigenvalue weighted by atomic mass is 10.0. The average Bonchev–Trinajstić information content (AvgIpc) is 2.50. The van der Waals surface area contributed by atoms with Crippen LogP contribution >= 0.6 is 0 Å². The van der Waals surface area contributed by atoms with Crippen molar-refractivity contribution in [2.45, 2.75) is 103 Å². The van der Waals surface area contributed by atoms with Gasteiger partial charge in [0.05, 0.1) is 0 Å². The number of aliphatic hydroxyl groups is 4. The Balaban J connectivity index is 3.23. The van der Waals surface area contributed by atoms with E-state index in [9.17, 15) is 5.11 Å². The molecular weight excluding hydrogens is 280 g/mol. The van der Waals surface area contributed by atoms with Gasteiger partial charge in [-0.1, -0.05) is 90.4 Å². The first kappa shape index (κ1) is 21.1. The lowest BCUT2D eigenvalue weighted by Crippen LogP contribution is -2.12. The molecule has 0 saturated heterocycles. The van der Waals surface area contributed by atoms with Gasteiger partial charge in [-0.25, -0.2) is 0 Å². The van der Waals surface area contributed by atoms with Gasteiger partial charge in [-0.15, -0.1) is 0 Å². The maximum Gasteiger partial charge on any atom is 0.316 e. The van der Waals surface area contributed by atoms with Crippen molar-refractivity contribution in [3.63, 3.8) is 0 Å². The van der Waals surface area contributed by atoms with Gasteiger partial charge >= 0.3 is 5.95 Å². The van der Waals surface area contributed by atoms with Crippen molar-refractivity contribution in [2.75, 3.05) is 0 Å². The summed E-state index contributed by atoms with van der Waals surface area (Å²) in [7, 11) is 0. The van der Waals surface area contributed by atoms with Crippen LogP contribution in [-0.2, 0) is 0 Å². The summed E-state index contributed by atoms with van der Waals surface area (Å²) in [5, 5.41) is 35.8. The van der Waals surface area contributed by atoms with Crippen LogP contribution in [0.15, 0.2) is 11.7 Å². The summed E-state index contributed by atoms with van der Waals surface area (Å²) in [5.41, 5.74) is 0. The van der Waals surface area contributed by atoms with Crippen molar-refractivity contribution in [2.24, 2.45) is 0 Å². The number of hydrogen-bond acceptors (Lipinski definition) is 4. The summed E-state index contributed by atoms with van der Waals surface area (Å²) in [6.07, 6.45) is 15.5. The van der Waals surface area contributed by atoms with Gasteiger partial charge in [-0.3, -0.25) is 0 Å². The van der Waals surface area contributed by atoms with E-state index < -0.39 is 17.8 Å². The molecule has 0 aromatic carbocycles. The minimum Gasteiger partial charge on any atom is -0.504 e. The van der Waals surface area contributed by atoms with Crippen molar-refractivity contribution in [3.8, 4) is 0 Å². The third kappa shape index (κ3) is 12.8. The molecule has 1 atom stereocenters. The van der Waals surface area contributed by atoms with Crippen LogP contribution in [0.2, 0.25) is 0 Å². The van der Waals surface area contributed by atoms with E-state index in [0.29, 0.717) is 6.42 Å². The normalized spacial score (nSPS) is 12.3. The first-order chi connectivity index (χ1) is 10.6. The predicted octanol–water partition coefficient (Wildman–Crippen LogP) is 5.67. The van der Waals surface area contributed by atoms with Crippen molar-refractivity contribution in [3.05, 3.63) is 11.7 Å². The Morgan fingerprint density at radius 2 is 1.00 bits per heavy atom. The van der Waals surface area contributed by atoms with E-state index in [4.69, 9.17) is 15.3 Å². The quantitative estimate of drug-likeness (QED) is 0.232. The number of hydrogen-bond donors (Lipinski definition) is 4. The Kier molecular flexibility index (Phi) is 14.4. The fraction of sp³-hybridized carbons (Fsp3) is 0.889. The molecule has 0 amide bonds. The molecule has 0 rings (SSSR count). The summed E-state index contributed by atoms with van der Waals surface area (Å²) in [6, 6.07) is 0. The Labute approximate surface area is 135 Å². The Hall–Kier alpha value is -0.900. The SMILES string of the molecule is CCCCCCCCCCCCCCCC(O)C(O)=C(O)O. The third-order valence-corrected chi connectivity index (χ3v) is 4.13. The van der Waals surface area contributed by atoms with Gasteiger partial charge in [0.1, 0.15) is 6.10 Å². The molecule has 0 radical (unpaired) electrons. The van der Waals surface area contributed by atoms with Crippen LogP contribution in [0.4, 0.5) is 0 Å². The molecule has 0 heterocycles. The van der Waals surface area contributed by atoms with E-state index in [1.807, 2.05) is 0 Å². The molecule has 1 unspecified atom stereocenters. The van der Waals surface area contributed by atoms with Gasteiger partial charge in [-0.05, 0) is 6.42 Å². The van der Waals surface area contributed by atoms with Crippen LogP contribution in [0.1, 0.15) is 96.8 Å². The molecule has 0 saturated carbocycles. The summed E-state index contributed by atoms with van der Waals surface area (Å²) in [4.78, 5) is 0. The Bertz CT molecular complexity index is 272. The average molecular weight is 316 g/mol. The van der Waals surface area contributed by atoms with Crippen LogP contribution in [0.3, 0.4) is 0 Å². The van der Waals surface area contributed by atoms with E-state index in [1.165, 1.54) is 64.2 Å². The molecule has 0 aliphatic rings. The summed E-state index contributed by atoms with van der Waals surface area (Å²) in [6.45, 7) is 2.25. The predicted molar refractivity (Wildman–Crippen MR) is 91.2 cm³/mol. The molecular formula is C18H36O4. The number of unbranched alkanes of at least 4 members (excludes halogenated alkanes) is 12. The molecule has 0 aromatic heterocycles. The van der Waals surface area contributed by atoms with E-state index in [-0.39, 0.29) is 0 Å². The van der Waals surface area contributed by atoms with Crippen molar-refractivity contribution < 1.29 is 20.4 Å². The largest absolute Gasteiger partial charge is 0.504 e. The molecule has 0 bridgehead atoms. The lowest BCUT2D eigenvalue weighted by Gasteiger charge is -2.09.